The van der Waals surface area contributed by atoms with Gasteiger partial charge in [0, 0.05) is 0 Å². The molecule has 0 radical (unpaired) electrons. The van der Waals surface area contributed by atoms with E-state index < -0.39 is 0 Å². The van der Waals surface area contributed by atoms with Crippen LogP contribution in [0.5, 0.6) is 0 Å². The highest BCUT2D eigenvalue weighted by Gasteiger charge is 2.12. The maximum absolute atomic E-state index is 5.86. The third-order valence-corrected chi connectivity index (χ3v) is 2.38. The molecule has 12 heavy (non-hydrogen) atoms. The van der Waals surface area contributed by atoms with Gasteiger partial charge in [-0.05, 0) is 12.3 Å². The van der Waals surface area contributed by atoms with E-state index in [2.05, 4.69) is 24.0 Å². The fourth-order valence-corrected chi connectivity index (χ4v) is 1.63. The average Bonchev–Trinajstić information content (AvgIpc) is 2.34. The smallest absolute Gasteiger partial charge is 0.203 e. The van der Waals surface area contributed by atoms with Gasteiger partial charge < -0.3 is 11.5 Å². The van der Waals surface area contributed by atoms with Crippen LogP contribution in [0.25, 0.3) is 0 Å². The Balaban J connectivity index is 2.58. The number of nitrogens with zero attached hydrogens (tertiary/aromatic N) is 2. The van der Waals surface area contributed by atoms with Crippen molar-refractivity contribution in [1.82, 2.24) is 10.2 Å². The third-order valence-electron chi connectivity index (χ3n) is 1.50. The van der Waals surface area contributed by atoms with Crippen molar-refractivity contribution in [2.24, 2.45) is 11.7 Å². The predicted molar refractivity (Wildman–Crippen MR) is 50.7 cm³/mol. The van der Waals surface area contributed by atoms with Crippen molar-refractivity contribution < 1.29 is 0 Å². The number of nitrogen functional groups attached to an aromatic ring is 1. The normalized spacial score (nSPS) is 13.7. The Kier molecular flexibility index (Phi) is 2.99. The Morgan fingerprint density at radius 2 is 2.08 bits per heavy atom. The van der Waals surface area contributed by atoms with Crippen LogP contribution in [0.2, 0.25) is 0 Å². The summed E-state index contributed by atoms with van der Waals surface area (Å²) in [5.41, 5.74) is 11.3. The second kappa shape index (κ2) is 3.82. The summed E-state index contributed by atoms with van der Waals surface area (Å²) in [6.07, 6.45) is 0.925. The van der Waals surface area contributed by atoms with Crippen molar-refractivity contribution in [2.45, 2.75) is 26.3 Å². The average molecular weight is 186 g/mol. The Morgan fingerprint density at radius 3 is 2.50 bits per heavy atom. The van der Waals surface area contributed by atoms with Crippen LogP contribution in [-0.4, -0.2) is 10.2 Å². The maximum Gasteiger partial charge on any atom is 0.203 e. The zero-order valence-electron chi connectivity index (χ0n) is 7.32. The van der Waals surface area contributed by atoms with Crippen LogP contribution in [0.3, 0.4) is 0 Å². The van der Waals surface area contributed by atoms with Crippen LogP contribution in [0.4, 0.5) is 5.13 Å². The van der Waals surface area contributed by atoms with Gasteiger partial charge in [-0.3, -0.25) is 0 Å². The van der Waals surface area contributed by atoms with Crippen LogP contribution in [0, 0.1) is 5.92 Å². The van der Waals surface area contributed by atoms with E-state index in [4.69, 9.17) is 11.5 Å². The highest BCUT2D eigenvalue weighted by molar-refractivity contribution is 7.15. The maximum atomic E-state index is 5.86. The summed E-state index contributed by atoms with van der Waals surface area (Å²) < 4.78 is 0. The molecule has 0 spiro atoms. The molecule has 0 bridgehead atoms. The fraction of sp³-hybridized carbons (Fsp3) is 0.714. The minimum absolute atomic E-state index is 0.0141. The topological polar surface area (TPSA) is 77.8 Å². The number of hydrogen-bond donors (Lipinski definition) is 2. The van der Waals surface area contributed by atoms with E-state index in [-0.39, 0.29) is 6.04 Å². The standard InChI is InChI=1S/C7H14N4S/c1-4(2)3-5(8)6-10-11-7(9)12-6/h4-5H,3,8H2,1-2H3,(H2,9,11). The van der Waals surface area contributed by atoms with Crippen molar-refractivity contribution in [1.29, 1.82) is 0 Å². The Labute approximate surface area is 76.0 Å². The van der Waals surface area contributed by atoms with Crippen molar-refractivity contribution in [2.75, 3.05) is 5.73 Å². The first-order chi connectivity index (χ1) is 5.59. The van der Waals surface area contributed by atoms with Gasteiger partial charge >= 0.3 is 0 Å². The Morgan fingerprint density at radius 1 is 1.42 bits per heavy atom. The van der Waals surface area contributed by atoms with Gasteiger partial charge in [0.1, 0.15) is 5.01 Å². The lowest BCUT2D eigenvalue weighted by atomic mass is 10.1. The number of hydrogen-bond acceptors (Lipinski definition) is 5. The first kappa shape index (κ1) is 9.41. The van der Waals surface area contributed by atoms with Crippen LogP contribution in [0.1, 0.15) is 31.3 Å². The summed E-state index contributed by atoms with van der Waals surface area (Å²) in [5, 5.41) is 8.92. The number of aromatic nitrogens is 2. The molecule has 1 aromatic rings. The molecule has 5 heteroatoms. The SMILES string of the molecule is CC(C)CC(N)c1nnc(N)s1. The van der Waals surface area contributed by atoms with Crippen molar-refractivity contribution >= 4 is 16.5 Å². The number of anilines is 1. The van der Waals surface area contributed by atoms with E-state index in [1.807, 2.05) is 0 Å². The summed E-state index contributed by atoms with van der Waals surface area (Å²) in [6, 6.07) is -0.0141. The lowest BCUT2D eigenvalue weighted by Gasteiger charge is -2.09. The van der Waals surface area contributed by atoms with Gasteiger partial charge in [-0.2, -0.15) is 0 Å². The molecule has 1 unspecified atom stereocenters. The molecule has 68 valence electrons. The first-order valence-corrected chi connectivity index (χ1v) is 4.75. The summed E-state index contributed by atoms with van der Waals surface area (Å²) in [5.74, 6) is 0.574. The van der Waals surface area contributed by atoms with E-state index in [0.29, 0.717) is 11.0 Å². The second-order valence-electron chi connectivity index (χ2n) is 3.21. The van der Waals surface area contributed by atoms with Crippen LogP contribution in [-0.2, 0) is 0 Å². The summed E-state index contributed by atoms with van der Waals surface area (Å²) >= 11 is 1.37. The third kappa shape index (κ3) is 2.42. The van der Waals surface area contributed by atoms with E-state index >= 15 is 0 Å². The predicted octanol–water partition coefficient (Wildman–Crippen LogP) is 1.17. The van der Waals surface area contributed by atoms with Gasteiger partial charge in [0.2, 0.25) is 5.13 Å². The molecular weight excluding hydrogens is 172 g/mol. The molecule has 4 nitrogen and oxygen atoms in total. The van der Waals surface area contributed by atoms with Crippen LogP contribution >= 0.6 is 11.3 Å². The molecule has 1 heterocycles. The Bertz CT molecular complexity index is 245. The fourth-order valence-electron chi connectivity index (χ4n) is 1.01. The lowest BCUT2D eigenvalue weighted by Crippen LogP contribution is -2.12. The molecule has 0 saturated carbocycles. The molecule has 1 aromatic heterocycles. The molecule has 1 rings (SSSR count). The van der Waals surface area contributed by atoms with Gasteiger partial charge in [-0.15, -0.1) is 10.2 Å². The molecule has 0 aliphatic rings. The summed E-state index contributed by atoms with van der Waals surface area (Å²) in [6.45, 7) is 4.26. The molecule has 0 amide bonds. The molecule has 1 atom stereocenters. The minimum atomic E-state index is -0.0141. The zero-order chi connectivity index (χ0) is 9.14. The van der Waals surface area contributed by atoms with Crippen molar-refractivity contribution in [3.8, 4) is 0 Å². The monoisotopic (exact) mass is 186 g/mol. The van der Waals surface area contributed by atoms with Crippen LogP contribution in [0.15, 0.2) is 0 Å². The quantitative estimate of drug-likeness (QED) is 0.742. The lowest BCUT2D eigenvalue weighted by molar-refractivity contribution is 0.506. The molecule has 4 N–H and O–H groups in total. The highest BCUT2D eigenvalue weighted by atomic mass is 32.1. The van der Waals surface area contributed by atoms with Gasteiger partial charge in [-0.25, -0.2) is 0 Å². The van der Waals surface area contributed by atoms with E-state index in [1.165, 1.54) is 11.3 Å². The van der Waals surface area contributed by atoms with E-state index in [0.717, 1.165) is 11.4 Å². The molecule has 0 fully saturated rings. The van der Waals surface area contributed by atoms with Crippen molar-refractivity contribution in [3.63, 3.8) is 0 Å². The van der Waals surface area contributed by atoms with E-state index in [9.17, 15) is 0 Å². The van der Waals surface area contributed by atoms with Gasteiger partial charge in [0.15, 0.2) is 0 Å². The highest BCUT2D eigenvalue weighted by Crippen LogP contribution is 2.22. The van der Waals surface area contributed by atoms with E-state index in [1.54, 1.807) is 0 Å². The van der Waals surface area contributed by atoms with Gasteiger partial charge in [-0.1, -0.05) is 25.2 Å². The largest absolute Gasteiger partial charge is 0.374 e. The van der Waals surface area contributed by atoms with Gasteiger partial charge in [0.05, 0.1) is 6.04 Å². The number of rotatable bonds is 3. The molecule has 0 saturated heterocycles. The van der Waals surface area contributed by atoms with Gasteiger partial charge in [0.25, 0.3) is 0 Å². The summed E-state index contributed by atoms with van der Waals surface area (Å²) in [4.78, 5) is 0. The van der Waals surface area contributed by atoms with Crippen molar-refractivity contribution in [3.05, 3.63) is 5.01 Å². The number of nitrogens with two attached hydrogens (primary N) is 2. The molecule has 0 aromatic carbocycles. The second-order valence-corrected chi connectivity index (χ2v) is 4.26. The summed E-state index contributed by atoms with van der Waals surface area (Å²) in [7, 11) is 0. The first-order valence-electron chi connectivity index (χ1n) is 3.94. The molecule has 0 aliphatic carbocycles. The molecular formula is C7H14N4S. The minimum Gasteiger partial charge on any atom is -0.374 e. The molecule has 0 aliphatic heterocycles. The Hall–Kier alpha value is -0.680. The van der Waals surface area contributed by atoms with Crippen LogP contribution < -0.4 is 11.5 Å². The zero-order valence-corrected chi connectivity index (χ0v) is 8.14.